The van der Waals surface area contributed by atoms with Gasteiger partial charge in [0.25, 0.3) is 5.91 Å². The minimum absolute atomic E-state index is 0.329. The highest BCUT2D eigenvalue weighted by Crippen LogP contribution is 2.20. The number of carbonyl (C=O) groups excluding carboxylic acids is 2. The molecule has 0 unspecified atom stereocenters. The zero-order valence-electron chi connectivity index (χ0n) is 16.7. The van der Waals surface area contributed by atoms with Crippen LogP contribution in [0.3, 0.4) is 0 Å². The van der Waals surface area contributed by atoms with Crippen LogP contribution in [0.15, 0.2) is 78.9 Å². The van der Waals surface area contributed by atoms with Crippen molar-refractivity contribution < 1.29 is 19.1 Å². The normalized spacial score (nSPS) is 11.3. The number of anilines is 1. The maximum atomic E-state index is 13.0. The van der Waals surface area contributed by atoms with Crippen LogP contribution in [0.25, 0.3) is 0 Å². The predicted octanol–water partition coefficient (Wildman–Crippen LogP) is 3.32. The minimum Gasteiger partial charge on any atom is -0.497 e. The van der Waals surface area contributed by atoms with Crippen molar-refractivity contribution in [3.63, 3.8) is 0 Å². The zero-order valence-corrected chi connectivity index (χ0v) is 16.7. The topological polar surface area (TPSA) is 88.7 Å². The zero-order chi connectivity index (χ0) is 21.3. The summed E-state index contributed by atoms with van der Waals surface area (Å²) in [5.41, 5.74) is 7.17. The Labute approximate surface area is 175 Å². The summed E-state index contributed by atoms with van der Waals surface area (Å²) in [6, 6.07) is 22.0. The predicted molar refractivity (Wildman–Crippen MR) is 114 cm³/mol. The lowest BCUT2D eigenvalue weighted by Gasteiger charge is -2.19. The fourth-order valence-electron chi connectivity index (χ4n) is 2.81. The summed E-state index contributed by atoms with van der Waals surface area (Å²) in [6.45, 7) is 0. The molecule has 0 spiro atoms. The van der Waals surface area contributed by atoms with E-state index in [4.69, 9.17) is 9.47 Å². The Hall–Kier alpha value is -3.84. The molecule has 0 saturated carbocycles. The Morgan fingerprint density at radius 3 is 2.17 bits per heavy atom. The molecule has 0 aliphatic rings. The lowest BCUT2D eigenvalue weighted by molar-refractivity contribution is -0.118. The third-order valence-corrected chi connectivity index (χ3v) is 4.41. The van der Waals surface area contributed by atoms with Crippen LogP contribution in [0.2, 0.25) is 0 Å². The molecule has 7 nitrogen and oxygen atoms in total. The number of rotatable bonds is 8. The van der Waals surface area contributed by atoms with E-state index < -0.39 is 6.04 Å². The van der Waals surface area contributed by atoms with Gasteiger partial charge in [0.1, 0.15) is 17.5 Å². The second kappa shape index (κ2) is 10.1. The molecule has 3 N–H and O–H groups in total. The van der Waals surface area contributed by atoms with Gasteiger partial charge in [0, 0.05) is 17.3 Å². The number of hydrazine groups is 1. The van der Waals surface area contributed by atoms with Crippen LogP contribution in [-0.4, -0.2) is 26.0 Å². The van der Waals surface area contributed by atoms with Gasteiger partial charge < -0.3 is 14.8 Å². The SMILES string of the molecule is COc1ccc(C(=O)NN[C@@H](C(=O)Nc2cccc(OC)c2)c2ccccc2)cc1. The van der Waals surface area contributed by atoms with Crippen LogP contribution in [0.1, 0.15) is 22.0 Å². The van der Waals surface area contributed by atoms with Crippen LogP contribution in [0.4, 0.5) is 5.69 Å². The molecule has 0 aromatic heterocycles. The maximum absolute atomic E-state index is 13.0. The van der Waals surface area contributed by atoms with Crippen molar-refractivity contribution in [3.05, 3.63) is 90.0 Å². The van der Waals surface area contributed by atoms with Crippen molar-refractivity contribution in [1.29, 1.82) is 0 Å². The average Bonchev–Trinajstić information content (AvgIpc) is 2.80. The lowest BCUT2D eigenvalue weighted by atomic mass is 10.1. The maximum Gasteiger partial charge on any atom is 0.265 e. The van der Waals surface area contributed by atoms with Gasteiger partial charge in [-0.3, -0.25) is 15.0 Å². The summed E-state index contributed by atoms with van der Waals surface area (Å²) in [5.74, 6) is 0.585. The summed E-state index contributed by atoms with van der Waals surface area (Å²) in [4.78, 5) is 25.4. The van der Waals surface area contributed by atoms with Gasteiger partial charge in [0.15, 0.2) is 0 Å². The molecule has 2 amide bonds. The van der Waals surface area contributed by atoms with Gasteiger partial charge in [-0.25, -0.2) is 5.43 Å². The van der Waals surface area contributed by atoms with E-state index in [1.807, 2.05) is 30.3 Å². The second-order valence-electron chi connectivity index (χ2n) is 6.39. The first kappa shape index (κ1) is 20.9. The lowest BCUT2D eigenvalue weighted by Crippen LogP contribution is -2.44. The molecule has 3 rings (SSSR count). The van der Waals surface area contributed by atoms with Crippen LogP contribution < -0.4 is 25.6 Å². The number of hydrogen-bond donors (Lipinski definition) is 3. The van der Waals surface area contributed by atoms with Crippen molar-refractivity contribution in [2.75, 3.05) is 19.5 Å². The molecule has 7 heteroatoms. The molecule has 0 bridgehead atoms. The van der Waals surface area contributed by atoms with E-state index in [-0.39, 0.29) is 11.8 Å². The third-order valence-electron chi connectivity index (χ3n) is 4.41. The standard InChI is InChI=1S/C23H23N3O4/c1-29-19-13-11-17(12-14-19)22(27)26-25-21(16-7-4-3-5-8-16)23(28)24-18-9-6-10-20(15-18)30-2/h3-15,21,25H,1-2H3,(H,24,28)(H,26,27)/t21-/m1/s1. The van der Waals surface area contributed by atoms with Crippen molar-refractivity contribution >= 4 is 17.5 Å². The molecule has 0 heterocycles. The third kappa shape index (κ3) is 5.36. The molecule has 0 fully saturated rings. The first-order valence-electron chi connectivity index (χ1n) is 9.30. The summed E-state index contributed by atoms with van der Waals surface area (Å²) >= 11 is 0. The Morgan fingerprint density at radius 2 is 1.50 bits per heavy atom. The number of nitrogens with one attached hydrogen (secondary N) is 3. The highest BCUT2D eigenvalue weighted by atomic mass is 16.5. The van der Waals surface area contributed by atoms with E-state index >= 15 is 0 Å². The fraction of sp³-hybridized carbons (Fsp3) is 0.130. The summed E-state index contributed by atoms with van der Waals surface area (Å²) in [6.07, 6.45) is 0. The van der Waals surface area contributed by atoms with E-state index in [0.717, 1.165) is 0 Å². The first-order chi connectivity index (χ1) is 14.6. The molecule has 3 aromatic carbocycles. The van der Waals surface area contributed by atoms with Gasteiger partial charge in [-0.05, 0) is 42.0 Å². The van der Waals surface area contributed by atoms with Gasteiger partial charge in [-0.15, -0.1) is 0 Å². The highest BCUT2D eigenvalue weighted by molar-refractivity contribution is 5.97. The van der Waals surface area contributed by atoms with E-state index in [1.54, 1.807) is 62.8 Å². The van der Waals surface area contributed by atoms with Crippen molar-refractivity contribution in [3.8, 4) is 11.5 Å². The Morgan fingerprint density at radius 1 is 0.800 bits per heavy atom. The van der Waals surface area contributed by atoms with Gasteiger partial charge in [-0.2, -0.15) is 0 Å². The number of methoxy groups -OCH3 is 2. The van der Waals surface area contributed by atoms with Crippen molar-refractivity contribution in [2.45, 2.75) is 6.04 Å². The van der Waals surface area contributed by atoms with Gasteiger partial charge in [0.2, 0.25) is 5.91 Å². The van der Waals surface area contributed by atoms with E-state index in [2.05, 4.69) is 16.2 Å². The summed E-state index contributed by atoms with van der Waals surface area (Å²) < 4.78 is 10.3. The molecule has 1 atom stereocenters. The average molecular weight is 405 g/mol. The van der Waals surface area contributed by atoms with E-state index in [0.29, 0.717) is 28.3 Å². The number of benzene rings is 3. The molecule has 0 radical (unpaired) electrons. The molecule has 3 aromatic rings. The summed E-state index contributed by atoms with van der Waals surface area (Å²) in [5, 5.41) is 2.84. The molecule has 30 heavy (non-hydrogen) atoms. The molecule has 0 aliphatic heterocycles. The van der Waals surface area contributed by atoms with Gasteiger partial charge >= 0.3 is 0 Å². The van der Waals surface area contributed by atoms with Crippen LogP contribution in [-0.2, 0) is 4.79 Å². The number of amides is 2. The van der Waals surface area contributed by atoms with Crippen LogP contribution >= 0.6 is 0 Å². The van der Waals surface area contributed by atoms with Crippen LogP contribution in [0.5, 0.6) is 11.5 Å². The largest absolute Gasteiger partial charge is 0.497 e. The van der Waals surface area contributed by atoms with E-state index in [9.17, 15) is 9.59 Å². The second-order valence-corrected chi connectivity index (χ2v) is 6.39. The smallest absolute Gasteiger partial charge is 0.265 e. The van der Waals surface area contributed by atoms with Gasteiger partial charge in [0.05, 0.1) is 14.2 Å². The molecule has 0 aliphatic carbocycles. The van der Waals surface area contributed by atoms with Crippen molar-refractivity contribution in [2.24, 2.45) is 0 Å². The van der Waals surface area contributed by atoms with E-state index in [1.165, 1.54) is 0 Å². The number of hydrogen-bond acceptors (Lipinski definition) is 5. The monoisotopic (exact) mass is 405 g/mol. The summed E-state index contributed by atoms with van der Waals surface area (Å²) in [7, 11) is 3.12. The highest BCUT2D eigenvalue weighted by Gasteiger charge is 2.21. The molecular weight excluding hydrogens is 382 g/mol. The Bertz CT molecular complexity index is 991. The molecule has 154 valence electrons. The minimum atomic E-state index is -0.806. The van der Waals surface area contributed by atoms with Crippen molar-refractivity contribution in [1.82, 2.24) is 10.9 Å². The first-order valence-corrected chi connectivity index (χ1v) is 9.30. The number of ether oxygens (including phenoxy) is 2. The van der Waals surface area contributed by atoms with Crippen LogP contribution in [0, 0.1) is 0 Å². The Balaban J connectivity index is 1.73. The Kier molecular flexibility index (Phi) is 7.02. The quantitative estimate of drug-likeness (QED) is 0.501. The molecular formula is C23H23N3O4. The van der Waals surface area contributed by atoms with Gasteiger partial charge in [-0.1, -0.05) is 36.4 Å². The fourth-order valence-corrected chi connectivity index (χ4v) is 2.81. The molecule has 0 saturated heterocycles. The number of carbonyl (C=O) groups is 2.